The zero-order chi connectivity index (χ0) is 13.9. The quantitative estimate of drug-likeness (QED) is 0.658. The molecule has 0 bridgehead atoms. The molecule has 0 atom stereocenters. The highest BCUT2D eigenvalue weighted by Crippen LogP contribution is 2.12. The fourth-order valence-corrected chi connectivity index (χ4v) is 1.81. The van der Waals surface area contributed by atoms with Gasteiger partial charge in [-0.1, -0.05) is 26.0 Å². The van der Waals surface area contributed by atoms with Crippen molar-refractivity contribution < 1.29 is 9.47 Å². The normalized spacial score (nSPS) is 10.9. The third kappa shape index (κ3) is 7.85. The highest BCUT2D eigenvalue weighted by Gasteiger charge is 1.96. The molecule has 1 aromatic rings. The van der Waals surface area contributed by atoms with Crippen molar-refractivity contribution in [1.82, 2.24) is 5.32 Å². The average molecular weight is 265 g/mol. The van der Waals surface area contributed by atoms with Crippen LogP contribution in [0.25, 0.3) is 0 Å². The third-order valence-corrected chi connectivity index (χ3v) is 2.95. The summed E-state index contributed by atoms with van der Waals surface area (Å²) in [6.45, 7) is 6.99. The second-order valence-corrected chi connectivity index (χ2v) is 5.07. The second kappa shape index (κ2) is 9.82. The lowest BCUT2D eigenvalue weighted by atomic mass is 10.2. The van der Waals surface area contributed by atoms with Crippen LogP contribution in [0.4, 0.5) is 0 Å². The van der Waals surface area contributed by atoms with Gasteiger partial charge in [-0.15, -0.1) is 0 Å². The molecule has 0 fully saturated rings. The van der Waals surface area contributed by atoms with Crippen LogP contribution in [0.15, 0.2) is 24.3 Å². The molecule has 0 heterocycles. The second-order valence-electron chi connectivity index (χ2n) is 5.07. The summed E-state index contributed by atoms with van der Waals surface area (Å²) in [4.78, 5) is 0. The number of ether oxygens (including phenoxy) is 2. The van der Waals surface area contributed by atoms with Crippen molar-refractivity contribution in [2.75, 3.05) is 20.3 Å². The maximum Gasteiger partial charge on any atom is 0.118 e. The Balaban J connectivity index is 1.98. The molecule has 0 radical (unpaired) electrons. The average Bonchev–Trinajstić information content (AvgIpc) is 2.42. The molecule has 0 unspecified atom stereocenters. The summed E-state index contributed by atoms with van der Waals surface area (Å²) >= 11 is 0. The number of rotatable bonds is 10. The first-order valence-electron chi connectivity index (χ1n) is 7.16. The summed E-state index contributed by atoms with van der Waals surface area (Å²) in [5, 5.41) is 3.42. The van der Waals surface area contributed by atoms with Gasteiger partial charge in [0.05, 0.1) is 13.7 Å². The van der Waals surface area contributed by atoms with Crippen molar-refractivity contribution in [3.8, 4) is 5.75 Å². The standard InChI is InChI=1S/C16H27NO2/c1-14(2)17-11-5-4-6-12-19-13-15-7-9-16(18-3)10-8-15/h7-10,14,17H,4-6,11-13H2,1-3H3. The highest BCUT2D eigenvalue weighted by atomic mass is 16.5. The molecule has 0 amide bonds. The Labute approximate surface area is 117 Å². The van der Waals surface area contributed by atoms with Gasteiger partial charge in [0.2, 0.25) is 0 Å². The summed E-state index contributed by atoms with van der Waals surface area (Å²) in [5.74, 6) is 0.890. The van der Waals surface area contributed by atoms with E-state index in [-0.39, 0.29) is 0 Å². The molecule has 19 heavy (non-hydrogen) atoms. The molecule has 0 spiro atoms. The topological polar surface area (TPSA) is 30.5 Å². The van der Waals surface area contributed by atoms with Gasteiger partial charge in [-0.3, -0.25) is 0 Å². The van der Waals surface area contributed by atoms with E-state index in [1.807, 2.05) is 24.3 Å². The Morgan fingerprint density at radius 3 is 2.42 bits per heavy atom. The summed E-state index contributed by atoms with van der Waals surface area (Å²) in [6.07, 6.45) is 3.59. The molecule has 1 aromatic carbocycles. The Bertz CT molecular complexity index is 322. The lowest BCUT2D eigenvalue weighted by Gasteiger charge is -2.08. The summed E-state index contributed by atoms with van der Waals surface area (Å²) in [5.41, 5.74) is 1.20. The van der Waals surface area contributed by atoms with Crippen LogP contribution >= 0.6 is 0 Å². The van der Waals surface area contributed by atoms with Crippen LogP contribution in [0.5, 0.6) is 5.75 Å². The maximum atomic E-state index is 5.66. The van der Waals surface area contributed by atoms with E-state index >= 15 is 0 Å². The van der Waals surface area contributed by atoms with Crippen LogP contribution in [0.1, 0.15) is 38.7 Å². The molecule has 108 valence electrons. The predicted octanol–water partition coefficient (Wildman–Crippen LogP) is 3.38. The summed E-state index contributed by atoms with van der Waals surface area (Å²) in [7, 11) is 1.68. The van der Waals surface area contributed by atoms with Crippen LogP contribution in [0, 0.1) is 0 Å². The summed E-state index contributed by atoms with van der Waals surface area (Å²) in [6, 6.07) is 8.62. The van der Waals surface area contributed by atoms with Gasteiger partial charge in [-0.05, 0) is 43.5 Å². The minimum Gasteiger partial charge on any atom is -0.497 e. The highest BCUT2D eigenvalue weighted by molar-refractivity contribution is 5.26. The number of methoxy groups -OCH3 is 1. The largest absolute Gasteiger partial charge is 0.497 e. The Morgan fingerprint density at radius 1 is 1.05 bits per heavy atom. The van der Waals surface area contributed by atoms with Crippen molar-refractivity contribution in [3.05, 3.63) is 29.8 Å². The van der Waals surface area contributed by atoms with Crippen molar-refractivity contribution >= 4 is 0 Å². The van der Waals surface area contributed by atoms with Gasteiger partial charge in [0.15, 0.2) is 0 Å². The first-order chi connectivity index (χ1) is 9.22. The molecule has 1 N–H and O–H groups in total. The van der Waals surface area contributed by atoms with Crippen molar-refractivity contribution in [1.29, 1.82) is 0 Å². The summed E-state index contributed by atoms with van der Waals surface area (Å²) < 4.78 is 10.8. The first-order valence-corrected chi connectivity index (χ1v) is 7.16. The van der Waals surface area contributed by atoms with E-state index in [9.17, 15) is 0 Å². The maximum absolute atomic E-state index is 5.66. The lowest BCUT2D eigenvalue weighted by Crippen LogP contribution is -2.23. The van der Waals surface area contributed by atoms with Crippen LogP contribution in [-0.2, 0) is 11.3 Å². The van der Waals surface area contributed by atoms with Crippen molar-refractivity contribution in [2.24, 2.45) is 0 Å². The third-order valence-electron chi connectivity index (χ3n) is 2.95. The molecular formula is C16H27NO2. The first kappa shape index (κ1) is 16.0. The van der Waals surface area contributed by atoms with E-state index in [0.717, 1.165) is 25.3 Å². The van der Waals surface area contributed by atoms with Crippen molar-refractivity contribution in [2.45, 2.75) is 45.8 Å². The van der Waals surface area contributed by atoms with Gasteiger partial charge in [0.25, 0.3) is 0 Å². The fraction of sp³-hybridized carbons (Fsp3) is 0.625. The van der Waals surface area contributed by atoms with E-state index in [0.29, 0.717) is 12.6 Å². The van der Waals surface area contributed by atoms with Gasteiger partial charge < -0.3 is 14.8 Å². The van der Waals surface area contributed by atoms with E-state index in [1.54, 1.807) is 7.11 Å². The van der Waals surface area contributed by atoms with E-state index < -0.39 is 0 Å². The zero-order valence-corrected chi connectivity index (χ0v) is 12.4. The van der Waals surface area contributed by atoms with E-state index in [2.05, 4.69) is 19.2 Å². The zero-order valence-electron chi connectivity index (χ0n) is 12.4. The molecule has 0 saturated heterocycles. The fourth-order valence-electron chi connectivity index (χ4n) is 1.81. The van der Waals surface area contributed by atoms with E-state index in [4.69, 9.17) is 9.47 Å². The van der Waals surface area contributed by atoms with Crippen LogP contribution in [-0.4, -0.2) is 26.3 Å². The minimum atomic E-state index is 0.589. The Kier molecular flexibility index (Phi) is 8.26. The molecular weight excluding hydrogens is 238 g/mol. The number of unbranched alkanes of at least 4 members (excludes halogenated alkanes) is 2. The molecule has 0 aliphatic rings. The molecule has 3 heteroatoms. The van der Waals surface area contributed by atoms with Crippen LogP contribution < -0.4 is 10.1 Å². The van der Waals surface area contributed by atoms with Crippen molar-refractivity contribution in [3.63, 3.8) is 0 Å². The smallest absolute Gasteiger partial charge is 0.118 e. The van der Waals surface area contributed by atoms with Gasteiger partial charge in [0, 0.05) is 12.6 Å². The number of hydrogen-bond donors (Lipinski definition) is 1. The van der Waals surface area contributed by atoms with Gasteiger partial charge >= 0.3 is 0 Å². The van der Waals surface area contributed by atoms with Gasteiger partial charge in [0.1, 0.15) is 5.75 Å². The van der Waals surface area contributed by atoms with Gasteiger partial charge in [-0.2, -0.15) is 0 Å². The monoisotopic (exact) mass is 265 g/mol. The molecule has 1 rings (SSSR count). The molecule has 3 nitrogen and oxygen atoms in total. The Morgan fingerprint density at radius 2 is 1.79 bits per heavy atom. The molecule has 0 aromatic heterocycles. The molecule has 0 aliphatic heterocycles. The Hall–Kier alpha value is -1.06. The number of hydrogen-bond acceptors (Lipinski definition) is 3. The van der Waals surface area contributed by atoms with E-state index in [1.165, 1.54) is 18.4 Å². The molecule has 0 aliphatic carbocycles. The van der Waals surface area contributed by atoms with Gasteiger partial charge in [-0.25, -0.2) is 0 Å². The minimum absolute atomic E-state index is 0.589. The lowest BCUT2D eigenvalue weighted by molar-refractivity contribution is 0.117. The van der Waals surface area contributed by atoms with Crippen LogP contribution in [0.3, 0.4) is 0 Å². The van der Waals surface area contributed by atoms with Crippen LogP contribution in [0.2, 0.25) is 0 Å². The number of nitrogens with one attached hydrogen (secondary N) is 1. The molecule has 0 saturated carbocycles. The predicted molar refractivity (Wildman–Crippen MR) is 79.6 cm³/mol. The number of benzene rings is 1. The SMILES string of the molecule is COc1ccc(COCCCCCNC(C)C)cc1.